The molecule has 0 aliphatic heterocycles. The van der Waals surface area contributed by atoms with Crippen molar-refractivity contribution in [2.45, 2.75) is 33.2 Å². The van der Waals surface area contributed by atoms with Crippen molar-refractivity contribution < 1.29 is 5.21 Å². The first-order valence-corrected chi connectivity index (χ1v) is 5.73. The minimum absolute atomic E-state index is 0.145. The molecule has 5 heteroatoms. The van der Waals surface area contributed by atoms with E-state index in [0.29, 0.717) is 12.5 Å². The van der Waals surface area contributed by atoms with Gasteiger partial charge in [-0.2, -0.15) is 0 Å². The van der Waals surface area contributed by atoms with Crippen LogP contribution in [-0.2, 0) is 6.54 Å². The Balaban J connectivity index is 2.84. The largest absolute Gasteiger partial charge is 0.409 e. The van der Waals surface area contributed by atoms with Crippen LogP contribution in [0.2, 0.25) is 0 Å². The Bertz CT molecular complexity index is 449. The van der Waals surface area contributed by atoms with Crippen molar-refractivity contribution in [1.29, 1.82) is 0 Å². The van der Waals surface area contributed by atoms with E-state index in [-0.39, 0.29) is 17.0 Å². The van der Waals surface area contributed by atoms with E-state index in [9.17, 15) is 4.79 Å². The van der Waals surface area contributed by atoms with Crippen LogP contribution in [0, 0.1) is 5.92 Å². The topological polar surface area (TPSA) is 80.6 Å². The molecule has 0 saturated heterocycles. The number of aryl methyl sites for hydroxylation is 1. The van der Waals surface area contributed by atoms with Crippen molar-refractivity contribution in [2.75, 3.05) is 0 Å². The lowest BCUT2D eigenvalue weighted by molar-refractivity contribution is 0.318. The summed E-state index contributed by atoms with van der Waals surface area (Å²) in [5.74, 6) is 0.478. The molecule has 94 valence electrons. The molecule has 0 unspecified atom stereocenters. The van der Waals surface area contributed by atoms with E-state index in [0.717, 1.165) is 12.8 Å². The third-order valence-electron chi connectivity index (χ3n) is 2.58. The number of aromatic nitrogens is 1. The zero-order valence-electron chi connectivity index (χ0n) is 10.3. The van der Waals surface area contributed by atoms with Gasteiger partial charge in [0.2, 0.25) is 0 Å². The fourth-order valence-electron chi connectivity index (χ4n) is 1.63. The molecule has 0 aromatic carbocycles. The predicted octanol–water partition coefficient (Wildman–Crippen LogP) is 1.38. The van der Waals surface area contributed by atoms with Gasteiger partial charge < -0.3 is 15.5 Å². The molecule has 0 atom stereocenters. The highest BCUT2D eigenvalue weighted by Crippen LogP contribution is 2.04. The van der Waals surface area contributed by atoms with Crippen LogP contribution in [-0.4, -0.2) is 15.6 Å². The van der Waals surface area contributed by atoms with Crippen LogP contribution >= 0.6 is 0 Å². The van der Waals surface area contributed by atoms with Gasteiger partial charge in [0.1, 0.15) is 0 Å². The molecule has 3 N–H and O–H groups in total. The molecule has 1 aromatic rings. The van der Waals surface area contributed by atoms with Crippen molar-refractivity contribution in [2.24, 2.45) is 16.8 Å². The molecule has 17 heavy (non-hydrogen) atoms. The highest BCUT2D eigenvalue weighted by Gasteiger charge is 2.07. The summed E-state index contributed by atoms with van der Waals surface area (Å²) < 4.78 is 1.59. The monoisotopic (exact) mass is 237 g/mol. The Morgan fingerprint density at radius 2 is 2.29 bits per heavy atom. The van der Waals surface area contributed by atoms with E-state index in [1.165, 1.54) is 0 Å². The Morgan fingerprint density at radius 1 is 1.59 bits per heavy atom. The summed E-state index contributed by atoms with van der Waals surface area (Å²) in [6, 6.07) is 3.28. The number of pyridine rings is 1. The van der Waals surface area contributed by atoms with Gasteiger partial charge in [-0.3, -0.25) is 4.79 Å². The molecule has 0 aliphatic carbocycles. The van der Waals surface area contributed by atoms with Crippen molar-refractivity contribution in [3.63, 3.8) is 0 Å². The van der Waals surface area contributed by atoms with Gasteiger partial charge >= 0.3 is 0 Å². The van der Waals surface area contributed by atoms with Gasteiger partial charge in [0.25, 0.3) is 5.56 Å². The third kappa shape index (κ3) is 3.62. The van der Waals surface area contributed by atoms with Crippen molar-refractivity contribution in [3.8, 4) is 0 Å². The van der Waals surface area contributed by atoms with Crippen LogP contribution < -0.4 is 11.3 Å². The van der Waals surface area contributed by atoms with Gasteiger partial charge in [0.05, 0.1) is 5.56 Å². The van der Waals surface area contributed by atoms with E-state index >= 15 is 0 Å². The molecule has 0 amide bonds. The highest BCUT2D eigenvalue weighted by atomic mass is 16.4. The van der Waals surface area contributed by atoms with Gasteiger partial charge in [-0.15, -0.1) is 0 Å². The van der Waals surface area contributed by atoms with Crippen LogP contribution in [0.5, 0.6) is 0 Å². The van der Waals surface area contributed by atoms with Crippen LogP contribution in [0.25, 0.3) is 0 Å². The number of oxime groups is 1. The van der Waals surface area contributed by atoms with E-state index in [4.69, 9.17) is 10.9 Å². The SMILES string of the molecule is CC(C)CCCn1cccc(/C(N)=N/O)c1=O. The average Bonchev–Trinajstić information content (AvgIpc) is 2.30. The predicted molar refractivity (Wildman–Crippen MR) is 67.3 cm³/mol. The van der Waals surface area contributed by atoms with Crippen LogP contribution in [0.15, 0.2) is 28.3 Å². The number of hydrogen-bond acceptors (Lipinski definition) is 3. The van der Waals surface area contributed by atoms with Gasteiger partial charge in [0, 0.05) is 12.7 Å². The van der Waals surface area contributed by atoms with E-state index < -0.39 is 0 Å². The first-order valence-electron chi connectivity index (χ1n) is 5.73. The summed E-state index contributed by atoms with van der Waals surface area (Å²) in [6.07, 6.45) is 3.73. The highest BCUT2D eigenvalue weighted by molar-refractivity contribution is 5.96. The lowest BCUT2D eigenvalue weighted by Gasteiger charge is -2.08. The number of nitrogens with two attached hydrogens (primary N) is 1. The normalized spacial score (nSPS) is 12.1. The summed E-state index contributed by atoms with van der Waals surface area (Å²) >= 11 is 0. The molecule has 0 aliphatic rings. The van der Waals surface area contributed by atoms with Gasteiger partial charge in [-0.1, -0.05) is 19.0 Å². The molecule has 0 saturated carbocycles. The number of nitrogens with zero attached hydrogens (tertiary/aromatic N) is 2. The Morgan fingerprint density at radius 3 is 2.88 bits per heavy atom. The molecule has 0 spiro atoms. The minimum Gasteiger partial charge on any atom is -0.409 e. The van der Waals surface area contributed by atoms with Gasteiger partial charge in [-0.05, 0) is 30.9 Å². The number of rotatable bonds is 5. The van der Waals surface area contributed by atoms with Gasteiger partial charge in [0.15, 0.2) is 5.84 Å². The molecule has 1 rings (SSSR count). The summed E-state index contributed by atoms with van der Waals surface area (Å²) in [4.78, 5) is 11.9. The van der Waals surface area contributed by atoms with E-state index in [1.54, 1.807) is 22.9 Å². The fourth-order valence-corrected chi connectivity index (χ4v) is 1.63. The fraction of sp³-hybridized carbons (Fsp3) is 0.500. The average molecular weight is 237 g/mol. The third-order valence-corrected chi connectivity index (χ3v) is 2.58. The molecule has 0 fully saturated rings. The van der Waals surface area contributed by atoms with Crippen LogP contribution in [0.1, 0.15) is 32.3 Å². The van der Waals surface area contributed by atoms with Crippen molar-refractivity contribution >= 4 is 5.84 Å². The second-order valence-corrected chi connectivity index (χ2v) is 4.44. The summed E-state index contributed by atoms with van der Waals surface area (Å²) in [6.45, 7) is 4.95. The Hall–Kier alpha value is -1.78. The lowest BCUT2D eigenvalue weighted by Crippen LogP contribution is -2.29. The second-order valence-electron chi connectivity index (χ2n) is 4.44. The maximum atomic E-state index is 11.9. The molecule has 0 bridgehead atoms. The maximum Gasteiger partial charge on any atom is 0.261 e. The quantitative estimate of drug-likeness (QED) is 0.351. The molecule has 1 aromatic heterocycles. The minimum atomic E-state index is -0.216. The zero-order chi connectivity index (χ0) is 12.8. The number of hydrogen-bond donors (Lipinski definition) is 2. The zero-order valence-corrected chi connectivity index (χ0v) is 10.3. The first-order chi connectivity index (χ1) is 8.06. The second kappa shape index (κ2) is 6.08. The molecule has 5 nitrogen and oxygen atoms in total. The maximum absolute atomic E-state index is 11.9. The molecular weight excluding hydrogens is 218 g/mol. The summed E-state index contributed by atoms with van der Waals surface area (Å²) in [5, 5.41) is 11.4. The number of amidine groups is 1. The van der Waals surface area contributed by atoms with E-state index in [2.05, 4.69) is 19.0 Å². The van der Waals surface area contributed by atoms with Crippen molar-refractivity contribution in [3.05, 3.63) is 34.2 Å². The van der Waals surface area contributed by atoms with Crippen LogP contribution in [0.3, 0.4) is 0 Å². The summed E-state index contributed by atoms with van der Waals surface area (Å²) in [7, 11) is 0. The van der Waals surface area contributed by atoms with Crippen molar-refractivity contribution in [1.82, 2.24) is 4.57 Å². The molecular formula is C12H19N3O2. The standard InChI is InChI=1S/C12H19N3O2/c1-9(2)5-3-7-15-8-4-6-10(12(15)16)11(13)14-17/h4,6,8-9,17H,3,5,7H2,1-2H3,(H2,13,14). The Labute approximate surface area is 101 Å². The Kier molecular flexibility index (Phi) is 4.75. The summed E-state index contributed by atoms with van der Waals surface area (Å²) in [5.41, 5.74) is 5.45. The molecule has 0 radical (unpaired) electrons. The van der Waals surface area contributed by atoms with E-state index in [1.807, 2.05) is 0 Å². The first kappa shape index (κ1) is 13.3. The van der Waals surface area contributed by atoms with Gasteiger partial charge in [-0.25, -0.2) is 0 Å². The van der Waals surface area contributed by atoms with Crippen LogP contribution in [0.4, 0.5) is 0 Å². The molecule has 1 heterocycles. The lowest BCUT2D eigenvalue weighted by atomic mass is 10.1. The smallest absolute Gasteiger partial charge is 0.261 e.